The third kappa shape index (κ3) is 9.79. The lowest BCUT2D eigenvalue weighted by molar-refractivity contribution is -0.496. The Morgan fingerprint density at radius 3 is 0.870 bits per heavy atom. The quantitative estimate of drug-likeness (QED) is 0.0930. The molecule has 0 heterocycles. The van der Waals surface area contributed by atoms with E-state index >= 15 is 0 Å². The fraction of sp³-hybridized carbons (Fsp3) is 0.778. The standard InChI is InChI=1S/C18H10F22O6/c19-9(20,15(33,34)45-17(37,38)11(23,24)13(27,28)29)3-5-43-7(41)1-2-8(42)44-6-4-10(21,22)16(35,36)46-18(39,40)12(25,26)14(30,31)32/h1-2H,3-6H2. The lowest BCUT2D eigenvalue weighted by Gasteiger charge is -2.33. The number of rotatable bonds is 16. The van der Waals surface area contributed by atoms with E-state index in [1.54, 1.807) is 9.47 Å². The molecule has 0 saturated carbocycles. The Balaban J connectivity index is 5.09. The van der Waals surface area contributed by atoms with Gasteiger partial charge in [0, 0.05) is 12.2 Å². The molecule has 0 aromatic carbocycles. The number of esters is 2. The molecule has 0 bridgehead atoms. The van der Waals surface area contributed by atoms with Crippen molar-refractivity contribution in [3.63, 3.8) is 0 Å². The Hall–Kier alpha value is -2.94. The molecule has 0 rings (SSSR count). The monoisotopic (exact) mass is 740 g/mol. The maximum Gasteiger partial charge on any atom is 0.462 e. The lowest BCUT2D eigenvalue weighted by atomic mass is 10.2. The van der Waals surface area contributed by atoms with Gasteiger partial charge in [0.25, 0.3) is 0 Å². The second-order valence-corrected chi connectivity index (χ2v) is 7.99. The largest absolute Gasteiger partial charge is 0.462 e. The molecule has 0 N–H and O–H groups in total. The zero-order chi connectivity index (χ0) is 37.2. The van der Waals surface area contributed by atoms with E-state index in [0.29, 0.717) is 0 Å². The van der Waals surface area contributed by atoms with Crippen LogP contribution in [0.4, 0.5) is 96.6 Å². The lowest BCUT2D eigenvalue weighted by Crippen LogP contribution is -2.58. The van der Waals surface area contributed by atoms with Crippen molar-refractivity contribution in [1.82, 2.24) is 0 Å². The van der Waals surface area contributed by atoms with Crippen molar-refractivity contribution in [3.05, 3.63) is 12.2 Å². The average Bonchev–Trinajstić information content (AvgIpc) is 2.79. The minimum Gasteiger partial charge on any atom is -0.462 e. The Bertz CT molecular complexity index is 1010. The zero-order valence-corrected chi connectivity index (χ0v) is 20.7. The van der Waals surface area contributed by atoms with E-state index in [1.165, 1.54) is 0 Å². The van der Waals surface area contributed by atoms with Crippen LogP contribution < -0.4 is 0 Å². The molecule has 0 saturated heterocycles. The SMILES string of the molecule is O=C(C=CC(=O)OCCC(F)(F)C(F)(F)OC(F)(F)C(F)(F)C(F)(F)F)OCCC(F)(F)C(F)(F)OC(F)(F)C(F)(F)C(F)(F)F. The van der Waals surface area contributed by atoms with Crippen molar-refractivity contribution >= 4 is 11.9 Å². The summed E-state index contributed by atoms with van der Waals surface area (Å²) in [5.74, 6) is -31.2. The fourth-order valence-electron chi connectivity index (χ4n) is 2.01. The van der Waals surface area contributed by atoms with Crippen LogP contribution in [0, 0.1) is 0 Å². The molecule has 0 spiro atoms. The number of carbonyl (C=O) groups excluding carboxylic acids is 2. The van der Waals surface area contributed by atoms with E-state index in [4.69, 9.17) is 0 Å². The average molecular weight is 740 g/mol. The molecule has 0 aromatic rings. The minimum absolute atomic E-state index is 0.261. The van der Waals surface area contributed by atoms with Gasteiger partial charge in [-0.05, 0) is 0 Å². The molecule has 0 aromatic heterocycles. The van der Waals surface area contributed by atoms with Crippen molar-refractivity contribution in [2.45, 2.75) is 73.3 Å². The predicted molar refractivity (Wildman–Crippen MR) is 94.1 cm³/mol. The summed E-state index contributed by atoms with van der Waals surface area (Å²) in [7, 11) is 0. The summed E-state index contributed by atoms with van der Waals surface area (Å²) < 4.78 is 291. The molecular weight excluding hydrogens is 730 g/mol. The molecule has 28 heteroatoms. The Morgan fingerprint density at radius 1 is 0.413 bits per heavy atom. The van der Waals surface area contributed by atoms with Gasteiger partial charge in [0.15, 0.2) is 0 Å². The van der Waals surface area contributed by atoms with Crippen LogP contribution >= 0.6 is 0 Å². The van der Waals surface area contributed by atoms with E-state index in [1.807, 2.05) is 0 Å². The second-order valence-electron chi connectivity index (χ2n) is 7.99. The van der Waals surface area contributed by atoms with Gasteiger partial charge in [-0.1, -0.05) is 0 Å². The zero-order valence-electron chi connectivity index (χ0n) is 20.7. The summed E-state index contributed by atoms with van der Waals surface area (Å²) in [5, 5.41) is 0. The van der Waals surface area contributed by atoms with Crippen LogP contribution in [-0.2, 0) is 28.5 Å². The van der Waals surface area contributed by atoms with E-state index in [0.717, 1.165) is 0 Å². The summed E-state index contributed by atoms with van der Waals surface area (Å²) in [5.41, 5.74) is 0. The summed E-state index contributed by atoms with van der Waals surface area (Å²) in [6.07, 6.45) is -48.5. The number of halogens is 22. The molecule has 0 atom stereocenters. The molecule has 0 aliphatic heterocycles. The molecule has 272 valence electrons. The molecular formula is C18H10F22O6. The van der Waals surface area contributed by atoms with Crippen LogP contribution in [0.3, 0.4) is 0 Å². The highest BCUT2D eigenvalue weighted by Gasteiger charge is 2.79. The van der Waals surface area contributed by atoms with Gasteiger partial charge in [0.1, 0.15) is 0 Å². The highest BCUT2D eigenvalue weighted by Crippen LogP contribution is 2.53. The van der Waals surface area contributed by atoms with Crippen LogP contribution in [0.1, 0.15) is 12.8 Å². The van der Waals surface area contributed by atoms with Gasteiger partial charge in [-0.2, -0.15) is 96.6 Å². The van der Waals surface area contributed by atoms with Crippen LogP contribution in [0.25, 0.3) is 0 Å². The number of ether oxygens (including phenoxy) is 4. The van der Waals surface area contributed by atoms with E-state index in [-0.39, 0.29) is 12.2 Å². The maximum atomic E-state index is 13.4. The van der Waals surface area contributed by atoms with Crippen molar-refractivity contribution in [1.29, 1.82) is 0 Å². The number of hydrogen-bond acceptors (Lipinski definition) is 6. The first-order chi connectivity index (χ1) is 19.9. The van der Waals surface area contributed by atoms with Crippen LogP contribution in [0.15, 0.2) is 12.2 Å². The molecule has 0 radical (unpaired) electrons. The van der Waals surface area contributed by atoms with Crippen LogP contribution in [-0.4, -0.2) is 85.6 Å². The van der Waals surface area contributed by atoms with Crippen LogP contribution in [0.5, 0.6) is 0 Å². The highest BCUT2D eigenvalue weighted by atomic mass is 19.4. The summed E-state index contributed by atoms with van der Waals surface area (Å²) in [6, 6.07) is 0. The fourth-order valence-corrected chi connectivity index (χ4v) is 2.01. The second kappa shape index (κ2) is 13.3. The molecule has 0 amide bonds. The summed E-state index contributed by atoms with van der Waals surface area (Å²) in [6.45, 7) is -4.07. The predicted octanol–water partition coefficient (Wildman–Crippen LogP) is 7.48. The first-order valence-corrected chi connectivity index (χ1v) is 10.5. The minimum atomic E-state index is -7.42. The molecule has 6 nitrogen and oxygen atoms in total. The van der Waals surface area contributed by atoms with Crippen molar-refractivity contribution in [2.75, 3.05) is 13.2 Å². The van der Waals surface area contributed by atoms with E-state index in [9.17, 15) is 106 Å². The van der Waals surface area contributed by atoms with Gasteiger partial charge in [0.2, 0.25) is 0 Å². The third-order valence-electron chi connectivity index (χ3n) is 4.48. The summed E-state index contributed by atoms with van der Waals surface area (Å²) >= 11 is 0. The van der Waals surface area contributed by atoms with Gasteiger partial charge in [-0.15, -0.1) is 0 Å². The van der Waals surface area contributed by atoms with Crippen molar-refractivity contribution in [3.8, 4) is 0 Å². The molecule has 0 aliphatic carbocycles. The number of carbonyl (C=O) groups is 2. The topological polar surface area (TPSA) is 71.1 Å². The van der Waals surface area contributed by atoms with Gasteiger partial charge < -0.3 is 9.47 Å². The number of alkyl halides is 22. The first kappa shape index (κ1) is 43.1. The van der Waals surface area contributed by atoms with Gasteiger partial charge >= 0.3 is 72.4 Å². The molecule has 0 unspecified atom stereocenters. The number of hydrogen-bond donors (Lipinski definition) is 0. The maximum absolute atomic E-state index is 13.4. The van der Waals surface area contributed by atoms with Crippen molar-refractivity contribution in [2.24, 2.45) is 0 Å². The summed E-state index contributed by atoms with van der Waals surface area (Å²) in [4.78, 5) is 22.5. The van der Waals surface area contributed by atoms with E-state index in [2.05, 4.69) is 9.47 Å². The Labute approximate surface area is 237 Å². The van der Waals surface area contributed by atoms with Gasteiger partial charge in [-0.25, -0.2) is 19.1 Å². The molecule has 0 fully saturated rings. The molecule has 46 heavy (non-hydrogen) atoms. The third-order valence-corrected chi connectivity index (χ3v) is 4.48. The van der Waals surface area contributed by atoms with Gasteiger partial charge in [0.05, 0.1) is 26.1 Å². The van der Waals surface area contributed by atoms with Crippen LogP contribution in [0.2, 0.25) is 0 Å². The highest BCUT2D eigenvalue weighted by molar-refractivity contribution is 5.91. The van der Waals surface area contributed by atoms with Gasteiger partial charge in [-0.3, -0.25) is 0 Å². The van der Waals surface area contributed by atoms with E-state index < -0.39 is 98.5 Å². The van der Waals surface area contributed by atoms with Crippen molar-refractivity contribution < 1.29 is 125 Å². The smallest absolute Gasteiger partial charge is 0.462 e. The Kier molecular flexibility index (Phi) is 12.4. The Morgan fingerprint density at radius 2 is 0.652 bits per heavy atom. The molecule has 0 aliphatic rings. The normalized spacial score (nSPS) is 15.3. The first-order valence-electron chi connectivity index (χ1n) is 10.5.